The second kappa shape index (κ2) is 10.2. The molecule has 0 aliphatic carbocycles. The number of rotatable bonds is 7. The number of hydrogen-bond acceptors (Lipinski definition) is 5. The molecule has 0 unspecified atom stereocenters. The number of amides is 1. The van der Waals surface area contributed by atoms with Crippen LogP contribution in [-0.4, -0.2) is 42.8 Å². The molecule has 0 atom stereocenters. The van der Waals surface area contributed by atoms with Crippen molar-refractivity contribution in [2.75, 3.05) is 31.6 Å². The van der Waals surface area contributed by atoms with E-state index in [1.54, 1.807) is 19.2 Å². The van der Waals surface area contributed by atoms with E-state index in [-0.39, 0.29) is 17.6 Å². The summed E-state index contributed by atoms with van der Waals surface area (Å²) in [4.78, 5) is 14.7. The second-order valence-corrected chi connectivity index (χ2v) is 7.91. The smallest absolute Gasteiger partial charge is 0.223 e. The van der Waals surface area contributed by atoms with E-state index in [2.05, 4.69) is 20.4 Å². The van der Waals surface area contributed by atoms with Crippen LogP contribution in [0.15, 0.2) is 60.7 Å². The van der Waals surface area contributed by atoms with E-state index in [1.165, 1.54) is 12.1 Å². The lowest BCUT2D eigenvalue weighted by Crippen LogP contribution is -2.41. The number of aromatic nitrogens is 2. The van der Waals surface area contributed by atoms with Gasteiger partial charge in [-0.25, -0.2) is 4.39 Å². The van der Waals surface area contributed by atoms with Crippen LogP contribution in [0.1, 0.15) is 18.4 Å². The van der Waals surface area contributed by atoms with Crippen LogP contribution in [0.5, 0.6) is 5.75 Å². The van der Waals surface area contributed by atoms with E-state index in [4.69, 9.17) is 4.74 Å². The fraction of sp³-hybridized carbons (Fsp3) is 0.320. The number of piperidine rings is 1. The zero-order valence-electron chi connectivity index (χ0n) is 18.1. The molecule has 0 spiro atoms. The van der Waals surface area contributed by atoms with Crippen molar-refractivity contribution in [3.63, 3.8) is 0 Å². The molecule has 0 saturated carbocycles. The van der Waals surface area contributed by atoms with Gasteiger partial charge in [0.25, 0.3) is 0 Å². The average Bonchev–Trinajstić information content (AvgIpc) is 2.85. The molecule has 1 fully saturated rings. The Morgan fingerprint density at radius 3 is 2.50 bits per heavy atom. The molecular formula is C25H27FN4O2. The van der Waals surface area contributed by atoms with Crippen molar-refractivity contribution in [2.45, 2.75) is 19.3 Å². The molecule has 4 rings (SSSR count). The third-order valence-corrected chi connectivity index (χ3v) is 5.85. The molecule has 166 valence electrons. The summed E-state index contributed by atoms with van der Waals surface area (Å²) in [7, 11) is 1.64. The van der Waals surface area contributed by atoms with Crippen molar-refractivity contribution in [3.8, 4) is 17.0 Å². The van der Waals surface area contributed by atoms with E-state index in [9.17, 15) is 9.18 Å². The number of para-hydroxylation sites is 1. The lowest BCUT2D eigenvalue weighted by atomic mass is 9.96. The standard InChI is InChI=1S/C25H27FN4O2/c1-32-23-5-3-2-4-21(23)22-10-11-24(29-28-22)30-16-13-19(14-17-30)25(31)27-15-12-18-6-8-20(26)9-7-18/h2-11,19H,12-17H2,1H3,(H,27,31). The topological polar surface area (TPSA) is 67.3 Å². The highest BCUT2D eigenvalue weighted by Crippen LogP contribution is 2.29. The van der Waals surface area contributed by atoms with Gasteiger partial charge in [-0.3, -0.25) is 4.79 Å². The van der Waals surface area contributed by atoms with Gasteiger partial charge in [-0.15, -0.1) is 10.2 Å². The Labute approximate surface area is 187 Å². The second-order valence-electron chi connectivity index (χ2n) is 7.91. The SMILES string of the molecule is COc1ccccc1-c1ccc(N2CCC(C(=O)NCCc3ccc(F)cc3)CC2)nn1. The maximum absolute atomic E-state index is 13.0. The highest BCUT2D eigenvalue weighted by molar-refractivity contribution is 5.79. The minimum absolute atomic E-state index is 0.000259. The maximum atomic E-state index is 13.0. The molecule has 2 heterocycles. The summed E-state index contributed by atoms with van der Waals surface area (Å²) in [6.45, 7) is 2.08. The zero-order chi connectivity index (χ0) is 22.3. The number of anilines is 1. The van der Waals surface area contributed by atoms with Gasteiger partial charge in [-0.05, 0) is 61.2 Å². The van der Waals surface area contributed by atoms with Gasteiger partial charge in [0, 0.05) is 31.1 Å². The summed E-state index contributed by atoms with van der Waals surface area (Å²) < 4.78 is 18.4. The summed E-state index contributed by atoms with van der Waals surface area (Å²) >= 11 is 0. The van der Waals surface area contributed by atoms with Crippen LogP contribution in [-0.2, 0) is 11.2 Å². The van der Waals surface area contributed by atoms with Crippen molar-refractivity contribution in [3.05, 3.63) is 72.0 Å². The van der Waals surface area contributed by atoms with Gasteiger partial charge in [0.1, 0.15) is 11.6 Å². The zero-order valence-corrected chi connectivity index (χ0v) is 18.1. The lowest BCUT2D eigenvalue weighted by molar-refractivity contribution is -0.125. The third kappa shape index (κ3) is 5.22. The van der Waals surface area contributed by atoms with Gasteiger partial charge in [-0.1, -0.05) is 24.3 Å². The minimum atomic E-state index is -0.247. The minimum Gasteiger partial charge on any atom is -0.496 e. The highest BCUT2D eigenvalue weighted by atomic mass is 19.1. The van der Waals surface area contributed by atoms with Crippen LogP contribution in [0.2, 0.25) is 0 Å². The summed E-state index contributed by atoms with van der Waals surface area (Å²) in [6, 6.07) is 18.0. The molecule has 1 saturated heterocycles. The highest BCUT2D eigenvalue weighted by Gasteiger charge is 2.25. The summed E-state index contributed by atoms with van der Waals surface area (Å²) in [5.74, 6) is 1.42. The molecule has 1 amide bonds. The number of methoxy groups -OCH3 is 1. The molecule has 1 aliphatic heterocycles. The van der Waals surface area contributed by atoms with E-state index < -0.39 is 0 Å². The van der Waals surface area contributed by atoms with Crippen LogP contribution < -0.4 is 15.0 Å². The molecule has 1 aliphatic rings. The van der Waals surface area contributed by atoms with E-state index in [0.717, 1.165) is 54.3 Å². The quantitative estimate of drug-likeness (QED) is 0.612. The molecule has 3 aromatic rings. The number of halogens is 1. The van der Waals surface area contributed by atoms with Gasteiger partial charge in [0.2, 0.25) is 5.91 Å². The largest absolute Gasteiger partial charge is 0.496 e. The van der Waals surface area contributed by atoms with Crippen LogP contribution in [0.3, 0.4) is 0 Å². The number of hydrogen-bond donors (Lipinski definition) is 1. The summed E-state index contributed by atoms with van der Waals surface area (Å²) in [5, 5.41) is 11.8. The predicted molar refractivity (Wildman–Crippen MR) is 122 cm³/mol. The average molecular weight is 435 g/mol. The van der Waals surface area contributed by atoms with Crippen molar-refractivity contribution < 1.29 is 13.9 Å². The number of benzene rings is 2. The molecule has 1 N–H and O–H groups in total. The van der Waals surface area contributed by atoms with E-state index >= 15 is 0 Å². The Morgan fingerprint density at radius 2 is 1.81 bits per heavy atom. The van der Waals surface area contributed by atoms with Crippen LogP contribution in [0.25, 0.3) is 11.3 Å². The Bertz CT molecular complexity index is 1030. The van der Waals surface area contributed by atoms with Crippen molar-refractivity contribution in [1.29, 1.82) is 0 Å². The molecule has 0 radical (unpaired) electrons. The maximum Gasteiger partial charge on any atom is 0.223 e. The Morgan fingerprint density at radius 1 is 1.06 bits per heavy atom. The van der Waals surface area contributed by atoms with Crippen LogP contribution >= 0.6 is 0 Å². The third-order valence-electron chi connectivity index (χ3n) is 5.85. The number of ether oxygens (including phenoxy) is 1. The Hall–Kier alpha value is -3.48. The van der Waals surface area contributed by atoms with E-state index in [1.807, 2.05) is 36.4 Å². The normalized spacial score (nSPS) is 14.2. The van der Waals surface area contributed by atoms with Gasteiger partial charge in [0.05, 0.1) is 12.8 Å². The van der Waals surface area contributed by atoms with Crippen molar-refractivity contribution in [1.82, 2.24) is 15.5 Å². The summed E-state index contributed by atoms with van der Waals surface area (Å²) in [6.07, 6.45) is 2.25. The van der Waals surface area contributed by atoms with Crippen LogP contribution in [0, 0.1) is 11.7 Å². The molecule has 32 heavy (non-hydrogen) atoms. The first kappa shape index (κ1) is 21.7. The van der Waals surface area contributed by atoms with Gasteiger partial charge in [-0.2, -0.15) is 0 Å². The predicted octanol–water partition coefficient (Wildman–Crippen LogP) is 3.87. The molecule has 2 aromatic carbocycles. The van der Waals surface area contributed by atoms with E-state index in [0.29, 0.717) is 13.0 Å². The fourth-order valence-corrected chi connectivity index (χ4v) is 3.99. The molecule has 6 nitrogen and oxygen atoms in total. The first-order chi connectivity index (χ1) is 15.6. The van der Waals surface area contributed by atoms with Crippen LogP contribution in [0.4, 0.5) is 10.2 Å². The molecule has 0 bridgehead atoms. The first-order valence-electron chi connectivity index (χ1n) is 10.9. The molecular weight excluding hydrogens is 407 g/mol. The van der Waals surface area contributed by atoms with Gasteiger partial charge >= 0.3 is 0 Å². The number of nitrogens with zero attached hydrogens (tertiary/aromatic N) is 3. The first-order valence-corrected chi connectivity index (χ1v) is 10.9. The molecule has 7 heteroatoms. The fourth-order valence-electron chi connectivity index (χ4n) is 3.99. The van der Waals surface area contributed by atoms with Crippen molar-refractivity contribution >= 4 is 11.7 Å². The number of carbonyl (C=O) groups excluding carboxylic acids is 1. The van der Waals surface area contributed by atoms with Crippen molar-refractivity contribution in [2.24, 2.45) is 5.92 Å². The Balaban J connectivity index is 1.27. The monoisotopic (exact) mass is 434 g/mol. The Kier molecular flexibility index (Phi) is 6.94. The number of carbonyl (C=O) groups is 1. The van der Waals surface area contributed by atoms with Gasteiger partial charge < -0.3 is 15.0 Å². The summed E-state index contributed by atoms with van der Waals surface area (Å²) in [5.41, 5.74) is 2.68. The number of nitrogens with one attached hydrogen (secondary N) is 1. The molecule has 1 aromatic heterocycles. The van der Waals surface area contributed by atoms with Gasteiger partial charge in [0.15, 0.2) is 5.82 Å². The lowest BCUT2D eigenvalue weighted by Gasteiger charge is -2.31.